The lowest BCUT2D eigenvalue weighted by atomic mass is 9.99. The summed E-state index contributed by atoms with van der Waals surface area (Å²) in [5.74, 6) is 4.45. The van der Waals surface area contributed by atoms with E-state index in [1.807, 2.05) is 24.3 Å². The Labute approximate surface area is 116 Å². The minimum Gasteiger partial charge on any atom is -0.497 e. The SMILES string of the molecule is COc1ccc(CC(NN)c2cccc(F)c2F)cc1. The van der Waals surface area contributed by atoms with Crippen LogP contribution in [0.2, 0.25) is 0 Å². The van der Waals surface area contributed by atoms with Gasteiger partial charge in [0.05, 0.1) is 13.2 Å². The Morgan fingerprint density at radius 2 is 1.85 bits per heavy atom. The molecule has 0 saturated heterocycles. The van der Waals surface area contributed by atoms with Gasteiger partial charge in [-0.25, -0.2) is 8.78 Å². The summed E-state index contributed by atoms with van der Waals surface area (Å²) >= 11 is 0. The van der Waals surface area contributed by atoms with Crippen LogP contribution in [-0.2, 0) is 6.42 Å². The van der Waals surface area contributed by atoms with Gasteiger partial charge in [0, 0.05) is 5.56 Å². The zero-order valence-electron chi connectivity index (χ0n) is 11.1. The Morgan fingerprint density at radius 1 is 1.15 bits per heavy atom. The summed E-state index contributed by atoms with van der Waals surface area (Å²) < 4.78 is 32.1. The molecule has 0 aliphatic carbocycles. The van der Waals surface area contributed by atoms with Crippen LogP contribution in [0.3, 0.4) is 0 Å². The highest BCUT2D eigenvalue weighted by Gasteiger charge is 2.17. The van der Waals surface area contributed by atoms with Crippen molar-refractivity contribution in [2.45, 2.75) is 12.5 Å². The molecule has 0 radical (unpaired) electrons. The van der Waals surface area contributed by atoms with Gasteiger partial charge in [0.1, 0.15) is 5.75 Å². The second kappa shape index (κ2) is 6.45. The quantitative estimate of drug-likeness (QED) is 0.653. The van der Waals surface area contributed by atoms with Gasteiger partial charge in [0.2, 0.25) is 0 Å². The van der Waals surface area contributed by atoms with Crippen LogP contribution < -0.4 is 16.0 Å². The van der Waals surface area contributed by atoms with E-state index >= 15 is 0 Å². The molecule has 5 heteroatoms. The minimum absolute atomic E-state index is 0.211. The van der Waals surface area contributed by atoms with Gasteiger partial charge in [-0.05, 0) is 30.2 Å². The lowest BCUT2D eigenvalue weighted by molar-refractivity contribution is 0.414. The minimum atomic E-state index is -0.877. The molecule has 1 atom stereocenters. The number of hydrazine groups is 1. The van der Waals surface area contributed by atoms with Crippen LogP contribution in [0.25, 0.3) is 0 Å². The zero-order chi connectivity index (χ0) is 14.5. The number of hydrogen-bond donors (Lipinski definition) is 2. The fourth-order valence-electron chi connectivity index (χ4n) is 2.05. The second-order valence-electron chi connectivity index (χ2n) is 4.41. The number of rotatable bonds is 5. The molecule has 2 aromatic rings. The van der Waals surface area contributed by atoms with Gasteiger partial charge in [0.25, 0.3) is 0 Å². The Bertz CT molecular complexity index is 573. The molecule has 20 heavy (non-hydrogen) atoms. The van der Waals surface area contributed by atoms with Crippen molar-refractivity contribution in [3.63, 3.8) is 0 Å². The van der Waals surface area contributed by atoms with Crippen molar-refractivity contribution < 1.29 is 13.5 Å². The highest BCUT2D eigenvalue weighted by molar-refractivity contribution is 5.30. The summed E-state index contributed by atoms with van der Waals surface area (Å²) in [6, 6.07) is 10.9. The predicted molar refractivity (Wildman–Crippen MR) is 73.1 cm³/mol. The van der Waals surface area contributed by atoms with E-state index in [1.165, 1.54) is 12.1 Å². The summed E-state index contributed by atoms with van der Waals surface area (Å²) in [4.78, 5) is 0. The molecule has 0 heterocycles. The lowest BCUT2D eigenvalue weighted by Gasteiger charge is -2.17. The fourth-order valence-corrected chi connectivity index (χ4v) is 2.05. The molecular weight excluding hydrogens is 262 g/mol. The maximum Gasteiger partial charge on any atom is 0.163 e. The average Bonchev–Trinajstić information content (AvgIpc) is 2.48. The van der Waals surface area contributed by atoms with Crippen molar-refractivity contribution in [2.75, 3.05) is 7.11 Å². The molecule has 0 bridgehead atoms. The van der Waals surface area contributed by atoms with Gasteiger partial charge >= 0.3 is 0 Å². The van der Waals surface area contributed by atoms with Gasteiger partial charge in [0.15, 0.2) is 11.6 Å². The van der Waals surface area contributed by atoms with Gasteiger partial charge in [-0.3, -0.25) is 11.3 Å². The van der Waals surface area contributed by atoms with Crippen LogP contribution in [0, 0.1) is 11.6 Å². The Kier molecular flexibility index (Phi) is 4.65. The molecular formula is C15H16F2N2O. The molecule has 0 aliphatic heterocycles. The molecule has 3 N–H and O–H groups in total. The van der Waals surface area contributed by atoms with Crippen LogP contribution in [0.4, 0.5) is 8.78 Å². The number of hydrogen-bond acceptors (Lipinski definition) is 3. The van der Waals surface area contributed by atoms with Crippen molar-refractivity contribution in [3.05, 3.63) is 65.2 Å². The van der Waals surface area contributed by atoms with Crippen molar-refractivity contribution in [1.29, 1.82) is 0 Å². The third-order valence-electron chi connectivity index (χ3n) is 3.16. The highest BCUT2D eigenvalue weighted by Crippen LogP contribution is 2.23. The maximum absolute atomic E-state index is 13.8. The summed E-state index contributed by atoms with van der Waals surface area (Å²) in [5, 5.41) is 0. The normalized spacial score (nSPS) is 12.2. The van der Waals surface area contributed by atoms with Crippen LogP contribution >= 0.6 is 0 Å². The number of nitrogens with two attached hydrogens (primary N) is 1. The number of halogens is 2. The smallest absolute Gasteiger partial charge is 0.163 e. The van der Waals surface area contributed by atoms with Crippen LogP contribution in [-0.4, -0.2) is 7.11 Å². The molecule has 0 saturated carbocycles. The van der Waals surface area contributed by atoms with Crippen molar-refractivity contribution in [1.82, 2.24) is 5.43 Å². The summed E-state index contributed by atoms with van der Waals surface area (Å²) in [5.41, 5.74) is 3.68. The van der Waals surface area contributed by atoms with E-state index in [1.54, 1.807) is 7.11 Å². The largest absolute Gasteiger partial charge is 0.497 e. The molecule has 2 aromatic carbocycles. The average molecular weight is 278 g/mol. The first-order chi connectivity index (χ1) is 9.65. The topological polar surface area (TPSA) is 47.3 Å². The summed E-state index contributed by atoms with van der Waals surface area (Å²) in [6.45, 7) is 0. The monoisotopic (exact) mass is 278 g/mol. The lowest BCUT2D eigenvalue weighted by Crippen LogP contribution is -2.30. The Morgan fingerprint density at radius 3 is 2.45 bits per heavy atom. The molecule has 0 aromatic heterocycles. The van der Waals surface area contributed by atoms with Crippen molar-refractivity contribution >= 4 is 0 Å². The zero-order valence-corrected chi connectivity index (χ0v) is 11.1. The molecule has 2 rings (SSSR count). The van der Waals surface area contributed by atoms with Gasteiger partial charge in [-0.1, -0.05) is 24.3 Å². The van der Waals surface area contributed by atoms with E-state index in [2.05, 4.69) is 5.43 Å². The van der Waals surface area contributed by atoms with Crippen LogP contribution in [0.5, 0.6) is 5.75 Å². The van der Waals surface area contributed by atoms with Crippen LogP contribution in [0.15, 0.2) is 42.5 Å². The summed E-state index contributed by atoms with van der Waals surface area (Å²) in [7, 11) is 1.58. The van der Waals surface area contributed by atoms with E-state index in [0.29, 0.717) is 6.42 Å². The molecule has 106 valence electrons. The summed E-state index contributed by atoms with van der Waals surface area (Å²) in [6.07, 6.45) is 0.445. The Hall–Kier alpha value is -1.98. The van der Waals surface area contributed by atoms with Crippen molar-refractivity contribution in [2.24, 2.45) is 5.84 Å². The number of nitrogens with one attached hydrogen (secondary N) is 1. The number of methoxy groups -OCH3 is 1. The molecule has 0 spiro atoms. The highest BCUT2D eigenvalue weighted by atomic mass is 19.2. The predicted octanol–water partition coefficient (Wildman–Crippen LogP) is 2.72. The molecule has 1 unspecified atom stereocenters. The molecule has 0 fully saturated rings. The Balaban J connectivity index is 2.21. The third-order valence-corrected chi connectivity index (χ3v) is 3.16. The molecule has 0 aliphatic rings. The van der Waals surface area contributed by atoms with Gasteiger partial charge in [-0.15, -0.1) is 0 Å². The first-order valence-electron chi connectivity index (χ1n) is 6.18. The van der Waals surface area contributed by atoms with E-state index in [4.69, 9.17) is 10.6 Å². The molecule has 0 amide bonds. The van der Waals surface area contributed by atoms with Gasteiger partial charge < -0.3 is 4.74 Å². The maximum atomic E-state index is 13.8. The third kappa shape index (κ3) is 3.12. The van der Waals surface area contributed by atoms with E-state index in [-0.39, 0.29) is 5.56 Å². The fraction of sp³-hybridized carbons (Fsp3) is 0.200. The number of benzene rings is 2. The standard InChI is InChI=1S/C15H16F2N2O/c1-20-11-7-5-10(6-8-11)9-14(19-18)12-3-2-4-13(16)15(12)17/h2-8,14,19H,9,18H2,1H3. The van der Waals surface area contributed by atoms with E-state index in [9.17, 15) is 8.78 Å². The van der Waals surface area contributed by atoms with E-state index < -0.39 is 17.7 Å². The van der Waals surface area contributed by atoms with Crippen LogP contribution in [0.1, 0.15) is 17.2 Å². The van der Waals surface area contributed by atoms with Gasteiger partial charge in [-0.2, -0.15) is 0 Å². The number of ether oxygens (including phenoxy) is 1. The molecule has 3 nitrogen and oxygen atoms in total. The first kappa shape index (κ1) is 14.4. The van der Waals surface area contributed by atoms with E-state index in [0.717, 1.165) is 17.4 Å². The second-order valence-corrected chi connectivity index (χ2v) is 4.41. The van der Waals surface area contributed by atoms with Crippen molar-refractivity contribution in [3.8, 4) is 5.75 Å². The first-order valence-corrected chi connectivity index (χ1v) is 6.18.